The van der Waals surface area contributed by atoms with Crippen LogP contribution in [0.5, 0.6) is 0 Å². The zero-order valence-electron chi connectivity index (χ0n) is 19.1. The van der Waals surface area contributed by atoms with Gasteiger partial charge < -0.3 is 18.3 Å². The summed E-state index contributed by atoms with van der Waals surface area (Å²) in [5.41, 5.74) is -2.45. The Morgan fingerprint density at radius 2 is 1.59 bits per heavy atom. The van der Waals surface area contributed by atoms with Crippen molar-refractivity contribution in [1.82, 2.24) is 10.1 Å². The number of carbonyl (C=O) groups excluding carboxylic acids is 1. The SMILES string of the molecule is CCOP(=O)(OCC)C(Cc1nc(-c2ccc(S(F)(F)(F)(F)F)cc2)no1)C(=O)OC(C)(C)C. The number of hydrogen-bond acceptors (Lipinski definition) is 8. The van der Waals surface area contributed by atoms with Gasteiger partial charge in [0.2, 0.25) is 11.7 Å². The fraction of sp³-hybridized carbons (Fsp3) is 0.526. The predicted molar refractivity (Wildman–Crippen MR) is 115 cm³/mol. The van der Waals surface area contributed by atoms with Crippen molar-refractivity contribution in [3.63, 3.8) is 0 Å². The predicted octanol–water partition coefficient (Wildman–Crippen LogP) is 6.91. The van der Waals surface area contributed by atoms with E-state index in [4.69, 9.17) is 18.3 Å². The van der Waals surface area contributed by atoms with Gasteiger partial charge in [0.05, 0.1) is 19.6 Å². The van der Waals surface area contributed by atoms with Gasteiger partial charge in [0, 0.05) is 5.56 Å². The van der Waals surface area contributed by atoms with Gasteiger partial charge in [0.1, 0.15) is 10.5 Å². The summed E-state index contributed by atoms with van der Waals surface area (Å²) >= 11 is 0. The van der Waals surface area contributed by atoms with Crippen molar-refractivity contribution in [2.24, 2.45) is 0 Å². The van der Waals surface area contributed by atoms with Crippen LogP contribution in [0.25, 0.3) is 11.4 Å². The Kier molecular flexibility index (Phi) is 7.37. The highest BCUT2D eigenvalue weighted by molar-refractivity contribution is 8.45. The Morgan fingerprint density at radius 3 is 2.03 bits per heavy atom. The maximum absolute atomic E-state index is 13.3. The number of ether oxygens (including phenoxy) is 1. The molecule has 0 spiro atoms. The molecule has 0 saturated heterocycles. The number of rotatable bonds is 10. The molecule has 34 heavy (non-hydrogen) atoms. The second-order valence-corrected chi connectivity index (χ2v) is 12.8. The lowest BCUT2D eigenvalue weighted by Gasteiger charge is -2.40. The summed E-state index contributed by atoms with van der Waals surface area (Å²) in [6.45, 7) is 7.85. The minimum atomic E-state index is -9.83. The summed E-state index contributed by atoms with van der Waals surface area (Å²) in [6, 6.07) is 1.96. The molecular formula is C19H26F5N2O6PS. The van der Waals surface area contributed by atoms with E-state index in [0.29, 0.717) is 0 Å². The maximum atomic E-state index is 13.3. The number of nitrogens with zero attached hydrogens (tertiary/aromatic N) is 2. The van der Waals surface area contributed by atoms with Gasteiger partial charge in [0.25, 0.3) is 0 Å². The van der Waals surface area contributed by atoms with Crippen LogP contribution in [0, 0.1) is 0 Å². The summed E-state index contributed by atoms with van der Waals surface area (Å²) < 4.78 is 98.8. The molecule has 0 radical (unpaired) electrons. The average molecular weight is 536 g/mol. The van der Waals surface area contributed by atoms with Gasteiger partial charge >= 0.3 is 23.8 Å². The van der Waals surface area contributed by atoms with Crippen LogP contribution in [-0.4, -0.2) is 40.6 Å². The molecule has 2 rings (SSSR count). The molecule has 1 unspecified atom stereocenters. The monoisotopic (exact) mass is 536 g/mol. The van der Waals surface area contributed by atoms with Crippen LogP contribution >= 0.6 is 17.8 Å². The lowest BCUT2D eigenvalue weighted by molar-refractivity contribution is -0.154. The number of aromatic nitrogens is 2. The van der Waals surface area contributed by atoms with Crippen LogP contribution < -0.4 is 0 Å². The van der Waals surface area contributed by atoms with Crippen molar-refractivity contribution in [2.45, 2.75) is 57.2 Å². The second-order valence-electron chi connectivity index (χ2n) is 8.13. The number of carbonyl (C=O) groups is 1. The molecule has 0 saturated carbocycles. The highest BCUT2D eigenvalue weighted by Gasteiger charge is 2.65. The largest absolute Gasteiger partial charge is 0.459 e. The summed E-state index contributed by atoms with van der Waals surface area (Å²) in [5, 5.41) is 3.61. The smallest absolute Gasteiger partial charge is 0.345 e. The van der Waals surface area contributed by atoms with Gasteiger partial charge in [-0.2, -0.15) is 4.98 Å². The first-order valence-electron chi connectivity index (χ1n) is 10.1. The van der Waals surface area contributed by atoms with Crippen LogP contribution in [0.1, 0.15) is 40.5 Å². The fourth-order valence-electron chi connectivity index (χ4n) is 2.75. The molecule has 8 nitrogen and oxygen atoms in total. The molecule has 0 N–H and O–H groups in total. The van der Waals surface area contributed by atoms with E-state index in [1.54, 1.807) is 34.6 Å². The quantitative estimate of drug-likeness (QED) is 0.183. The Bertz CT molecular complexity index is 1060. The maximum Gasteiger partial charge on any atom is 0.345 e. The van der Waals surface area contributed by atoms with Gasteiger partial charge in [0.15, 0.2) is 5.66 Å². The van der Waals surface area contributed by atoms with Gasteiger partial charge in [-0.3, -0.25) is 9.36 Å². The van der Waals surface area contributed by atoms with Crippen LogP contribution in [0.2, 0.25) is 0 Å². The third-order valence-electron chi connectivity index (χ3n) is 4.07. The third kappa shape index (κ3) is 7.49. The van der Waals surface area contributed by atoms with Crippen molar-refractivity contribution in [2.75, 3.05) is 13.2 Å². The summed E-state index contributed by atoms with van der Waals surface area (Å²) in [7, 11) is -13.9. The van der Waals surface area contributed by atoms with Crippen molar-refractivity contribution >= 4 is 23.8 Å². The summed E-state index contributed by atoms with van der Waals surface area (Å²) in [6.07, 6.45) is -0.428. The first-order chi connectivity index (χ1) is 15.3. The van der Waals surface area contributed by atoms with Gasteiger partial charge in [-0.05, 0) is 58.9 Å². The van der Waals surface area contributed by atoms with Gasteiger partial charge in [-0.15, -0.1) is 0 Å². The first-order valence-corrected chi connectivity index (χ1v) is 13.6. The van der Waals surface area contributed by atoms with Crippen LogP contribution in [-0.2, 0) is 29.6 Å². The minimum absolute atomic E-state index is 0.0375. The topological polar surface area (TPSA) is 101 Å². The van der Waals surface area contributed by atoms with Gasteiger partial charge in [-0.1, -0.05) is 24.6 Å². The van der Waals surface area contributed by atoms with Crippen molar-refractivity contribution in [3.8, 4) is 11.4 Å². The number of benzene rings is 1. The van der Waals surface area contributed by atoms with E-state index in [9.17, 15) is 28.8 Å². The van der Waals surface area contributed by atoms with Crippen molar-refractivity contribution in [3.05, 3.63) is 30.2 Å². The zero-order valence-corrected chi connectivity index (χ0v) is 20.8. The van der Waals surface area contributed by atoms with Crippen LogP contribution in [0.15, 0.2) is 33.7 Å². The van der Waals surface area contributed by atoms with Crippen LogP contribution in [0.3, 0.4) is 0 Å². The van der Waals surface area contributed by atoms with E-state index in [1.807, 2.05) is 0 Å². The molecular weight excluding hydrogens is 510 g/mol. The number of hydrogen-bond donors (Lipinski definition) is 0. The van der Waals surface area contributed by atoms with Gasteiger partial charge in [-0.25, -0.2) is 0 Å². The lowest BCUT2D eigenvalue weighted by Crippen LogP contribution is -2.34. The minimum Gasteiger partial charge on any atom is -0.459 e. The normalized spacial score (nSPS) is 15.9. The van der Waals surface area contributed by atoms with Crippen molar-refractivity contribution in [1.29, 1.82) is 0 Å². The molecule has 2 aromatic rings. The zero-order chi connectivity index (χ0) is 26.1. The van der Waals surface area contributed by atoms with E-state index >= 15 is 0 Å². The highest BCUT2D eigenvalue weighted by Crippen LogP contribution is 3.02. The third-order valence-corrected chi connectivity index (χ3v) is 7.63. The van der Waals surface area contributed by atoms with E-state index in [0.717, 1.165) is 12.1 Å². The second kappa shape index (κ2) is 8.89. The van der Waals surface area contributed by atoms with E-state index in [1.165, 1.54) is 0 Å². The van der Waals surface area contributed by atoms with E-state index < -0.39 is 46.4 Å². The Hall–Kier alpha value is -2.02. The van der Waals surface area contributed by atoms with Crippen molar-refractivity contribution < 1.29 is 47.1 Å². The molecule has 15 heteroatoms. The molecule has 0 aliphatic heterocycles. The average Bonchev–Trinajstić information content (AvgIpc) is 3.12. The Balaban J connectivity index is 2.37. The fourth-order valence-corrected chi connectivity index (χ4v) is 5.25. The van der Waals surface area contributed by atoms with E-state index in [-0.39, 0.29) is 42.6 Å². The molecule has 0 amide bonds. The molecule has 1 aromatic heterocycles. The Labute approximate surface area is 193 Å². The molecule has 1 aromatic carbocycles. The number of esters is 1. The molecule has 0 aliphatic rings. The molecule has 1 atom stereocenters. The standard InChI is InChI=1S/C19H26F5N2O6PS/c1-6-29-33(28,30-7-2)15(18(27)31-19(3,4)5)12-16-25-17(26-32-16)13-8-10-14(11-9-13)34(20,21,22,23)24/h8-11,15H,6-7,12H2,1-5H3. The Morgan fingerprint density at radius 1 is 1.06 bits per heavy atom. The molecule has 0 fully saturated rings. The molecule has 0 bridgehead atoms. The highest BCUT2D eigenvalue weighted by atomic mass is 32.5. The number of halogens is 5. The molecule has 1 heterocycles. The summed E-state index contributed by atoms with van der Waals surface area (Å²) in [5.74, 6) is -1.35. The molecule has 0 aliphatic carbocycles. The van der Waals surface area contributed by atoms with Crippen LogP contribution in [0.4, 0.5) is 19.4 Å². The summed E-state index contributed by atoms with van der Waals surface area (Å²) in [4.78, 5) is 14.7. The molecule has 194 valence electrons. The first kappa shape index (κ1) is 28.2. The van der Waals surface area contributed by atoms with E-state index in [2.05, 4.69) is 10.1 Å². The lowest BCUT2D eigenvalue weighted by atomic mass is 10.2.